The zero-order valence-corrected chi connectivity index (χ0v) is 10.7. The first-order valence-corrected chi connectivity index (χ1v) is 6.57. The third-order valence-electron chi connectivity index (χ3n) is 3.74. The van der Waals surface area contributed by atoms with E-state index in [1.165, 1.54) is 4.90 Å². The Bertz CT molecular complexity index is 394. The van der Waals surface area contributed by atoms with Crippen LogP contribution in [0, 0.1) is 5.92 Å². The van der Waals surface area contributed by atoms with Gasteiger partial charge in [0.25, 0.3) is 0 Å². The number of carboxylic acids is 1. The number of hydrogen-bond donors (Lipinski definition) is 3. The molecule has 1 aliphatic carbocycles. The van der Waals surface area contributed by atoms with E-state index in [4.69, 9.17) is 10.8 Å². The van der Waals surface area contributed by atoms with Crippen LogP contribution in [0.15, 0.2) is 0 Å². The van der Waals surface area contributed by atoms with Crippen LogP contribution in [0.3, 0.4) is 0 Å². The molecule has 2 rings (SSSR count). The van der Waals surface area contributed by atoms with Crippen LogP contribution in [0.5, 0.6) is 0 Å². The molecule has 7 nitrogen and oxygen atoms in total. The predicted molar refractivity (Wildman–Crippen MR) is 66.2 cm³/mol. The molecular formula is C12H19N3O4. The second-order valence-corrected chi connectivity index (χ2v) is 5.25. The van der Waals surface area contributed by atoms with Gasteiger partial charge in [-0.05, 0) is 31.6 Å². The summed E-state index contributed by atoms with van der Waals surface area (Å²) in [5.74, 6) is -1.19. The molecule has 4 N–H and O–H groups in total. The van der Waals surface area contributed by atoms with Gasteiger partial charge < -0.3 is 21.1 Å². The highest BCUT2D eigenvalue weighted by Gasteiger charge is 2.37. The average molecular weight is 269 g/mol. The van der Waals surface area contributed by atoms with Crippen LogP contribution in [-0.4, -0.2) is 46.5 Å². The fourth-order valence-corrected chi connectivity index (χ4v) is 2.57. The molecule has 7 heteroatoms. The molecule has 1 saturated heterocycles. The fraction of sp³-hybridized carbons (Fsp3) is 0.750. The maximum absolute atomic E-state index is 12.1. The van der Waals surface area contributed by atoms with Crippen LogP contribution in [0.2, 0.25) is 0 Å². The molecule has 0 aromatic carbocycles. The number of nitrogens with zero attached hydrogens (tertiary/aromatic N) is 1. The molecule has 2 unspecified atom stereocenters. The van der Waals surface area contributed by atoms with Gasteiger partial charge in [-0.2, -0.15) is 0 Å². The first-order valence-electron chi connectivity index (χ1n) is 6.57. The summed E-state index contributed by atoms with van der Waals surface area (Å²) in [6.45, 7) is 0.490. The second kappa shape index (κ2) is 5.46. The SMILES string of the molecule is NC(=O)C1CCCN1C(=O)NC(CC(=O)O)C1CC1. The Morgan fingerprint density at radius 2 is 2.00 bits per heavy atom. The Hall–Kier alpha value is -1.79. The summed E-state index contributed by atoms with van der Waals surface area (Å²) in [6.07, 6.45) is 3.13. The van der Waals surface area contributed by atoms with E-state index in [1.54, 1.807) is 0 Å². The Kier molecular flexibility index (Phi) is 3.92. The van der Waals surface area contributed by atoms with Gasteiger partial charge >= 0.3 is 12.0 Å². The van der Waals surface area contributed by atoms with Crippen molar-refractivity contribution < 1.29 is 19.5 Å². The quantitative estimate of drug-likeness (QED) is 0.646. The Labute approximate surface area is 111 Å². The minimum atomic E-state index is -0.926. The molecule has 0 bridgehead atoms. The number of primary amides is 1. The highest BCUT2D eigenvalue weighted by atomic mass is 16.4. The number of urea groups is 1. The summed E-state index contributed by atoms with van der Waals surface area (Å²) in [6, 6.07) is -1.29. The van der Waals surface area contributed by atoms with Crippen molar-refractivity contribution in [2.24, 2.45) is 11.7 Å². The van der Waals surface area contributed by atoms with Crippen LogP contribution in [-0.2, 0) is 9.59 Å². The van der Waals surface area contributed by atoms with E-state index in [-0.39, 0.29) is 24.4 Å². The van der Waals surface area contributed by atoms with Crippen molar-refractivity contribution in [3.63, 3.8) is 0 Å². The van der Waals surface area contributed by atoms with Crippen molar-refractivity contribution in [1.29, 1.82) is 0 Å². The Morgan fingerprint density at radius 3 is 2.53 bits per heavy atom. The van der Waals surface area contributed by atoms with Crippen LogP contribution >= 0.6 is 0 Å². The number of carboxylic acid groups (broad SMARTS) is 1. The van der Waals surface area contributed by atoms with E-state index in [2.05, 4.69) is 5.32 Å². The van der Waals surface area contributed by atoms with Gasteiger partial charge in [-0.15, -0.1) is 0 Å². The molecular weight excluding hydrogens is 250 g/mol. The first kappa shape index (κ1) is 13.6. The van der Waals surface area contributed by atoms with Crippen LogP contribution in [0.25, 0.3) is 0 Å². The van der Waals surface area contributed by atoms with Crippen molar-refractivity contribution in [2.75, 3.05) is 6.54 Å². The lowest BCUT2D eigenvalue weighted by atomic mass is 10.1. The van der Waals surface area contributed by atoms with Crippen LogP contribution < -0.4 is 11.1 Å². The summed E-state index contributed by atoms with van der Waals surface area (Å²) in [5.41, 5.74) is 5.25. The maximum Gasteiger partial charge on any atom is 0.318 e. The standard InChI is InChI=1S/C12H19N3O4/c13-11(18)9-2-1-5-15(9)12(19)14-8(6-10(16)17)7-3-4-7/h7-9H,1-6H2,(H2,13,18)(H,14,19)(H,16,17). The lowest BCUT2D eigenvalue weighted by molar-refractivity contribution is -0.137. The van der Waals surface area contributed by atoms with E-state index in [0.29, 0.717) is 13.0 Å². The highest BCUT2D eigenvalue weighted by Crippen LogP contribution is 2.34. The Morgan fingerprint density at radius 1 is 1.32 bits per heavy atom. The third-order valence-corrected chi connectivity index (χ3v) is 3.74. The minimum absolute atomic E-state index is 0.0779. The molecule has 106 valence electrons. The fourth-order valence-electron chi connectivity index (χ4n) is 2.57. The molecule has 1 saturated carbocycles. The molecule has 0 radical (unpaired) electrons. The summed E-state index contributed by atoms with van der Waals surface area (Å²) < 4.78 is 0. The van der Waals surface area contributed by atoms with E-state index in [0.717, 1.165) is 19.3 Å². The Balaban J connectivity index is 1.94. The minimum Gasteiger partial charge on any atom is -0.481 e. The van der Waals surface area contributed by atoms with Gasteiger partial charge in [0.15, 0.2) is 0 Å². The maximum atomic E-state index is 12.1. The smallest absolute Gasteiger partial charge is 0.318 e. The molecule has 0 spiro atoms. The van der Waals surface area contributed by atoms with Gasteiger partial charge in [-0.25, -0.2) is 4.79 Å². The number of rotatable bonds is 5. The number of hydrogen-bond acceptors (Lipinski definition) is 3. The summed E-state index contributed by atoms with van der Waals surface area (Å²) in [7, 11) is 0. The topological polar surface area (TPSA) is 113 Å². The monoisotopic (exact) mass is 269 g/mol. The second-order valence-electron chi connectivity index (χ2n) is 5.25. The highest BCUT2D eigenvalue weighted by molar-refractivity contribution is 5.86. The number of aliphatic carboxylic acids is 1. The van der Waals surface area contributed by atoms with E-state index >= 15 is 0 Å². The van der Waals surface area contributed by atoms with Crippen molar-refractivity contribution in [1.82, 2.24) is 10.2 Å². The van der Waals surface area contributed by atoms with Gasteiger partial charge in [0.2, 0.25) is 5.91 Å². The van der Waals surface area contributed by atoms with E-state index in [1.807, 2.05) is 0 Å². The summed E-state index contributed by atoms with van der Waals surface area (Å²) in [4.78, 5) is 35.5. The van der Waals surface area contributed by atoms with Crippen molar-refractivity contribution >= 4 is 17.9 Å². The number of nitrogens with two attached hydrogens (primary N) is 1. The van der Waals surface area contributed by atoms with Gasteiger partial charge in [0.05, 0.1) is 6.42 Å². The van der Waals surface area contributed by atoms with Crippen LogP contribution in [0.1, 0.15) is 32.1 Å². The number of nitrogens with one attached hydrogen (secondary N) is 1. The average Bonchev–Trinajstić information content (AvgIpc) is 3.03. The molecule has 2 atom stereocenters. The first-order chi connectivity index (χ1) is 8.99. The lowest BCUT2D eigenvalue weighted by Gasteiger charge is -2.25. The molecule has 2 aliphatic rings. The molecule has 19 heavy (non-hydrogen) atoms. The summed E-state index contributed by atoms with van der Waals surface area (Å²) >= 11 is 0. The van der Waals surface area contributed by atoms with Gasteiger partial charge in [0, 0.05) is 12.6 Å². The molecule has 3 amide bonds. The number of carbonyl (C=O) groups is 3. The predicted octanol–water partition coefficient (Wildman–Crippen LogP) is -0.101. The largest absolute Gasteiger partial charge is 0.481 e. The number of carbonyl (C=O) groups excluding carboxylic acids is 2. The van der Waals surface area contributed by atoms with E-state index in [9.17, 15) is 14.4 Å². The molecule has 1 aliphatic heterocycles. The summed E-state index contributed by atoms with van der Waals surface area (Å²) in [5, 5.41) is 11.6. The third kappa shape index (κ3) is 3.36. The van der Waals surface area contributed by atoms with Crippen molar-refractivity contribution in [2.45, 2.75) is 44.2 Å². The molecule has 2 fully saturated rings. The van der Waals surface area contributed by atoms with Crippen molar-refractivity contribution in [3.8, 4) is 0 Å². The number of amides is 3. The van der Waals surface area contributed by atoms with Crippen LogP contribution in [0.4, 0.5) is 4.79 Å². The van der Waals surface area contributed by atoms with Gasteiger partial charge in [0.1, 0.15) is 6.04 Å². The lowest BCUT2D eigenvalue weighted by Crippen LogP contribution is -2.51. The molecule has 1 heterocycles. The molecule has 0 aromatic rings. The zero-order chi connectivity index (χ0) is 14.0. The zero-order valence-electron chi connectivity index (χ0n) is 10.7. The van der Waals surface area contributed by atoms with E-state index < -0.39 is 17.9 Å². The number of likely N-dealkylation sites (tertiary alicyclic amines) is 1. The molecule has 0 aromatic heterocycles. The van der Waals surface area contributed by atoms with Gasteiger partial charge in [-0.1, -0.05) is 0 Å². The van der Waals surface area contributed by atoms with Crippen molar-refractivity contribution in [3.05, 3.63) is 0 Å². The van der Waals surface area contributed by atoms with Gasteiger partial charge in [-0.3, -0.25) is 9.59 Å². The normalized spacial score (nSPS) is 24.0.